The summed E-state index contributed by atoms with van der Waals surface area (Å²) in [6.07, 6.45) is 2.40. The number of amides is 1. The smallest absolute Gasteiger partial charge is 0.256 e. The van der Waals surface area contributed by atoms with Gasteiger partial charge < -0.3 is 10.1 Å². The molecule has 2 aromatic rings. The van der Waals surface area contributed by atoms with Gasteiger partial charge in [-0.05, 0) is 38.0 Å². The molecule has 1 aromatic heterocycles. The zero-order valence-electron chi connectivity index (χ0n) is 12.4. The maximum Gasteiger partial charge on any atom is 0.256 e. The first-order valence-electron chi connectivity index (χ1n) is 7.10. The largest absolute Gasteiger partial charge is 0.474 e. The lowest BCUT2D eigenvalue weighted by Gasteiger charge is -2.12. The third kappa shape index (κ3) is 4.60. The maximum absolute atomic E-state index is 12.2. The molecule has 0 aliphatic heterocycles. The van der Waals surface area contributed by atoms with Crippen LogP contribution >= 0.6 is 0 Å². The lowest BCUT2D eigenvalue weighted by atomic mass is 10.1. The van der Waals surface area contributed by atoms with Crippen molar-refractivity contribution < 1.29 is 9.53 Å². The van der Waals surface area contributed by atoms with Crippen LogP contribution in [0.3, 0.4) is 0 Å². The van der Waals surface area contributed by atoms with Gasteiger partial charge in [-0.1, -0.05) is 30.3 Å². The molecule has 4 nitrogen and oxygen atoms in total. The van der Waals surface area contributed by atoms with E-state index in [2.05, 4.69) is 10.3 Å². The van der Waals surface area contributed by atoms with E-state index in [-0.39, 0.29) is 12.0 Å². The fourth-order valence-corrected chi connectivity index (χ4v) is 1.94. The Labute approximate surface area is 125 Å². The molecule has 0 spiro atoms. The Hall–Kier alpha value is -2.36. The SMILES string of the molecule is CC(C)Oc1ncccc1C(=O)NCCc1ccccc1. The molecule has 0 saturated heterocycles. The molecule has 0 unspecified atom stereocenters. The van der Waals surface area contributed by atoms with Crippen molar-refractivity contribution in [2.45, 2.75) is 26.4 Å². The number of carbonyl (C=O) groups excluding carboxylic acids is 1. The van der Waals surface area contributed by atoms with Gasteiger partial charge in [0.15, 0.2) is 0 Å². The fourth-order valence-electron chi connectivity index (χ4n) is 1.94. The number of carbonyl (C=O) groups is 1. The summed E-state index contributed by atoms with van der Waals surface area (Å²) in [5, 5.41) is 2.90. The van der Waals surface area contributed by atoms with E-state index in [0.717, 1.165) is 6.42 Å². The molecular formula is C17H20N2O2. The van der Waals surface area contributed by atoms with E-state index in [1.165, 1.54) is 5.56 Å². The first-order chi connectivity index (χ1) is 10.2. The zero-order valence-corrected chi connectivity index (χ0v) is 12.4. The normalized spacial score (nSPS) is 10.4. The van der Waals surface area contributed by atoms with Crippen LogP contribution in [0.1, 0.15) is 29.8 Å². The summed E-state index contributed by atoms with van der Waals surface area (Å²) in [6.45, 7) is 4.40. The topological polar surface area (TPSA) is 51.2 Å². The van der Waals surface area contributed by atoms with Crippen LogP contribution in [0.4, 0.5) is 0 Å². The Morgan fingerprint density at radius 3 is 2.67 bits per heavy atom. The lowest BCUT2D eigenvalue weighted by Crippen LogP contribution is -2.26. The van der Waals surface area contributed by atoms with Crippen LogP contribution < -0.4 is 10.1 Å². The van der Waals surface area contributed by atoms with Gasteiger partial charge in [-0.25, -0.2) is 4.98 Å². The van der Waals surface area contributed by atoms with E-state index >= 15 is 0 Å². The van der Waals surface area contributed by atoms with Crippen LogP contribution in [0.25, 0.3) is 0 Å². The Morgan fingerprint density at radius 1 is 1.19 bits per heavy atom. The number of rotatable bonds is 6. The fraction of sp³-hybridized carbons (Fsp3) is 0.294. The van der Waals surface area contributed by atoms with Gasteiger partial charge in [0.25, 0.3) is 5.91 Å². The molecule has 0 radical (unpaired) electrons. The molecule has 1 heterocycles. The number of benzene rings is 1. The third-order valence-corrected chi connectivity index (χ3v) is 2.91. The van der Waals surface area contributed by atoms with Crippen LogP contribution in [0.15, 0.2) is 48.7 Å². The number of hydrogen-bond acceptors (Lipinski definition) is 3. The second-order valence-corrected chi connectivity index (χ2v) is 5.01. The van der Waals surface area contributed by atoms with Crippen LogP contribution in [0, 0.1) is 0 Å². The highest BCUT2D eigenvalue weighted by Gasteiger charge is 2.13. The van der Waals surface area contributed by atoms with Crippen LogP contribution in [-0.4, -0.2) is 23.5 Å². The highest BCUT2D eigenvalue weighted by Crippen LogP contribution is 2.15. The summed E-state index contributed by atoms with van der Waals surface area (Å²) < 4.78 is 5.56. The predicted molar refractivity (Wildman–Crippen MR) is 82.5 cm³/mol. The van der Waals surface area contributed by atoms with Crippen molar-refractivity contribution in [3.8, 4) is 5.88 Å². The predicted octanol–water partition coefficient (Wildman–Crippen LogP) is 2.84. The first-order valence-corrected chi connectivity index (χ1v) is 7.10. The molecule has 0 atom stereocenters. The van der Waals surface area contributed by atoms with E-state index in [0.29, 0.717) is 18.0 Å². The molecule has 0 aliphatic carbocycles. The monoisotopic (exact) mass is 284 g/mol. The van der Waals surface area contributed by atoms with Gasteiger partial charge >= 0.3 is 0 Å². The number of aromatic nitrogens is 1. The standard InChI is InChI=1S/C17H20N2O2/c1-13(2)21-17-15(9-6-11-19-17)16(20)18-12-10-14-7-4-3-5-8-14/h3-9,11,13H,10,12H2,1-2H3,(H,18,20). The summed E-state index contributed by atoms with van der Waals surface area (Å²) in [5.41, 5.74) is 1.67. The summed E-state index contributed by atoms with van der Waals surface area (Å²) in [5.74, 6) is 0.222. The van der Waals surface area contributed by atoms with Crippen molar-refractivity contribution in [2.24, 2.45) is 0 Å². The maximum atomic E-state index is 12.2. The Bertz CT molecular complexity index is 582. The number of pyridine rings is 1. The van der Waals surface area contributed by atoms with Gasteiger partial charge in [-0.3, -0.25) is 4.79 Å². The first kappa shape index (κ1) is 15.0. The van der Waals surface area contributed by atoms with Crippen molar-refractivity contribution in [1.29, 1.82) is 0 Å². The molecule has 110 valence electrons. The van der Waals surface area contributed by atoms with Gasteiger partial charge in [-0.2, -0.15) is 0 Å². The van der Waals surface area contributed by atoms with Crippen LogP contribution in [-0.2, 0) is 6.42 Å². The zero-order chi connectivity index (χ0) is 15.1. The van der Waals surface area contributed by atoms with Gasteiger partial charge in [0, 0.05) is 12.7 Å². The number of nitrogens with one attached hydrogen (secondary N) is 1. The van der Waals surface area contributed by atoms with Gasteiger partial charge in [-0.15, -0.1) is 0 Å². The van der Waals surface area contributed by atoms with Crippen molar-refractivity contribution >= 4 is 5.91 Å². The second kappa shape index (κ2) is 7.43. The van der Waals surface area contributed by atoms with Gasteiger partial charge in [0.2, 0.25) is 5.88 Å². The Kier molecular flexibility index (Phi) is 5.32. The number of nitrogens with zero attached hydrogens (tertiary/aromatic N) is 1. The summed E-state index contributed by atoms with van der Waals surface area (Å²) in [7, 11) is 0. The third-order valence-electron chi connectivity index (χ3n) is 2.91. The van der Waals surface area contributed by atoms with Crippen LogP contribution in [0.5, 0.6) is 5.88 Å². The molecule has 0 aliphatic rings. The number of hydrogen-bond donors (Lipinski definition) is 1. The quantitative estimate of drug-likeness (QED) is 0.887. The molecule has 21 heavy (non-hydrogen) atoms. The summed E-state index contributed by atoms with van der Waals surface area (Å²) in [4.78, 5) is 16.3. The van der Waals surface area contributed by atoms with Crippen LogP contribution in [0.2, 0.25) is 0 Å². The van der Waals surface area contributed by atoms with E-state index in [4.69, 9.17) is 4.74 Å². The minimum atomic E-state index is -0.158. The molecule has 1 amide bonds. The molecule has 2 rings (SSSR count). The molecule has 1 aromatic carbocycles. The van der Waals surface area contributed by atoms with E-state index in [9.17, 15) is 4.79 Å². The molecule has 0 fully saturated rings. The van der Waals surface area contributed by atoms with Crippen molar-refractivity contribution in [1.82, 2.24) is 10.3 Å². The average Bonchev–Trinajstić information content (AvgIpc) is 2.48. The number of ether oxygens (including phenoxy) is 1. The van der Waals surface area contributed by atoms with Gasteiger partial charge in [0.05, 0.1) is 6.10 Å². The molecule has 1 N–H and O–H groups in total. The lowest BCUT2D eigenvalue weighted by molar-refractivity contribution is 0.0947. The molecule has 4 heteroatoms. The van der Waals surface area contributed by atoms with Gasteiger partial charge in [0.1, 0.15) is 5.56 Å². The Balaban J connectivity index is 1.94. The molecule has 0 saturated carbocycles. The highest BCUT2D eigenvalue weighted by molar-refractivity contribution is 5.96. The van der Waals surface area contributed by atoms with Crippen molar-refractivity contribution in [3.05, 3.63) is 59.8 Å². The molecule has 0 bridgehead atoms. The highest BCUT2D eigenvalue weighted by atomic mass is 16.5. The molecular weight excluding hydrogens is 264 g/mol. The van der Waals surface area contributed by atoms with Crippen molar-refractivity contribution in [2.75, 3.05) is 6.54 Å². The minimum absolute atomic E-state index is 0.0178. The summed E-state index contributed by atoms with van der Waals surface area (Å²) >= 11 is 0. The second-order valence-electron chi connectivity index (χ2n) is 5.01. The van der Waals surface area contributed by atoms with E-state index in [1.54, 1.807) is 18.3 Å². The Morgan fingerprint density at radius 2 is 1.95 bits per heavy atom. The minimum Gasteiger partial charge on any atom is -0.474 e. The van der Waals surface area contributed by atoms with E-state index in [1.807, 2.05) is 44.2 Å². The van der Waals surface area contributed by atoms with Crippen molar-refractivity contribution in [3.63, 3.8) is 0 Å². The summed E-state index contributed by atoms with van der Waals surface area (Å²) in [6, 6.07) is 13.5. The van der Waals surface area contributed by atoms with E-state index < -0.39 is 0 Å². The average molecular weight is 284 g/mol.